The lowest BCUT2D eigenvalue weighted by Crippen LogP contribution is -2.30. The first-order valence-electron chi connectivity index (χ1n) is 9.07. The molecule has 3 rings (SSSR count). The zero-order valence-corrected chi connectivity index (χ0v) is 16.7. The molecule has 0 saturated heterocycles. The number of halogens is 3. The summed E-state index contributed by atoms with van der Waals surface area (Å²) < 4.78 is 38.3. The summed E-state index contributed by atoms with van der Waals surface area (Å²) in [6.07, 6.45) is -2.77. The van der Waals surface area contributed by atoms with Gasteiger partial charge >= 0.3 is 12.2 Å². The molecule has 0 atom stereocenters. The van der Waals surface area contributed by atoms with E-state index in [0.717, 1.165) is 36.7 Å². The van der Waals surface area contributed by atoms with E-state index >= 15 is 0 Å². The minimum absolute atomic E-state index is 0.0469. The minimum Gasteiger partial charge on any atom is -0.335 e. The highest BCUT2D eigenvalue weighted by Gasteiger charge is 2.33. The molecule has 31 heavy (non-hydrogen) atoms. The van der Waals surface area contributed by atoms with Gasteiger partial charge in [-0.3, -0.25) is 14.9 Å². The Hall–Kier alpha value is -3.28. The third-order valence-corrected chi connectivity index (χ3v) is 5.24. The summed E-state index contributed by atoms with van der Waals surface area (Å²) in [5.74, 6) is -0.734. The van der Waals surface area contributed by atoms with Gasteiger partial charge in [0.1, 0.15) is 0 Å². The summed E-state index contributed by atoms with van der Waals surface area (Å²) in [4.78, 5) is 33.9. The van der Waals surface area contributed by atoms with Crippen LogP contribution in [0.25, 0.3) is 0 Å². The molecule has 1 fully saturated rings. The summed E-state index contributed by atoms with van der Waals surface area (Å²) in [6, 6.07) is 8.39. The van der Waals surface area contributed by atoms with Crippen molar-refractivity contribution in [1.82, 2.24) is 5.32 Å². The number of rotatable bonds is 7. The lowest BCUT2D eigenvalue weighted by molar-refractivity contribution is -0.388. The van der Waals surface area contributed by atoms with Crippen LogP contribution in [0.1, 0.15) is 18.4 Å². The van der Waals surface area contributed by atoms with Crippen LogP contribution in [-0.2, 0) is 11.0 Å². The molecular weight excluding hydrogens is 437 g/mol. The predicted octanol–water partition coefficient (Wildman–Crippen LogP) is 4.63. The number of nitrogens with one attached hydrogen (secondary N) is 3. The second kappa shape index (κ2) is 9.25. The van der Waals surface area contributed by atoms with Gasteiger partial charge in [-0.1, -0.05) is 0 Å². The third-order valence-electron chi connectivity index (χ3n) is 4.18. The molecule has 0 unspecified atom stereocenters. The van der Waals surface area contributed by atoms with E-state index in [1.54, 1.807) is 24.3 Å². The van der Waals surface area contributed by atoms with Gasteiger partial charge in [0.15, 0.2) is 0 Å². The highest BCUT2D eigenvalue weighted by molar-refractivity contribution is 8.00. The fourth-order valence-electron chi connectivity index (χ4n) is 2.52. The van der Waals surface area contributed by atoms with Gasteiger partial charge in [-0.15, -0.1) is 11.8 Å². The summed E-state index contributed by atoms with van der Waals surface area (Å²) in [7, 11) is 0. The van der Waals surface area contributed by atoms with Crippen molar-refractivity contribution in [2.75, 3.05) is 16.4 Å². The van der Waals surface area contributed by atoms with Crippen LogP contribution in [0.5, 0.6) is 0 Å². The number of urea groups is 1. The number of alkyl halides is 3. The molecule has 0 radical (unpaired) electrons. The molecule has 2 aromatic rings. The Labute approximate surface area is 178 Å². The van der Waals surface area contributed by atoms with Gasteiger partial charge in [-0.25, -0.2) is 4.79 Å². The van der Waals surface area contributed by atoms with Crippen LogP contribution in [0.3, 0.4) is 0 Å². The van der Waals surface area contributed by atoms with E-state index in [-0.39, 0.29) is 22.7 Å². The predicted molar refractivity (Wildman–Crippen MR) is 109 cm³/mol. The molecule has 0 aliphatic heterocycles. The van der Waals surface area contributed by atoms with Gasteiger partial charge in [-0.05, 0) is 49.2 Å². The standard InChI is InChI=1S/C19H17F3N4O4S/c20-19(21,22)11-1-8-16(15(9-11)26(29)30)31-10-17(27)23-12-2-4-13(5-3-12)24-18(28)25-14-6-7-14/h1-5,8-9,14H,6-7,10H2,(H,23,27)(H2,24,25,28). The van der Waals surface area contributed by atoms with Crippen LogP contribution in [0.15, 0.2) is 47.4 Å². The Kier molecular flexibility index (Phi) is 6.68. The Morgan fingerprint density at radius 3 is 2.23 bits per heavy atom. The second-order valence-electron chi connectivity index (χ2n) is 6.72. The average molecular weight is 454 g/mol. The lowest BCUT2D eigenvalue weighted by atomic mass is 10.2. The molecule has 3 N–H and O–H groups in total. The van der Waals surface area contributed by atoms with Crippen molar-refractivity contribution in [2.24, 2.45) is 0 Å². The number of nitro groups is 1. The number of amides is 3. The summed E-state index contributed by atoms with van der Waals surface area (Å²) >= 11 is 0.759. The largest absolute Gasteiger partial charge is 0.416 e. The molecule has 3 amide bonds. The van der Waals surface area contributed by atoms with Crippen molar-refractivity contribution < 1.29 is 27.7 Å². The number of thioether (sulfide) groups is 1. The normalized spacial score (nSPS) is 13.4. The molecule has 0 spiro atoms. The van der Waals surface area contributed by atoms with Crippen molar-refractivity contribution in [1.29, 1.82) is 0 Å². The van der Waals surface area contributed by atoms with Crippen LogP contribution in [0.4, 0.5) is 35.0 Å². The van der Waals surface area contributed by atoms with E-state index in [2.05, 4.69) is 16.0 Å². The van der Waals surface area contributed by atoms with Crippen LogP contribution in [0, 0.1) is 10.1 Å². The zero-order valence-electron chi connectivity index (χ0n) is 15.9. The number of carbonyl (C=O) groups excluding carboxylic acids is 2. The van der Waals surface area contributed by atoms with E-state index in [1.165, 1.54) is 0 Å². The number of carbonyl (C=O) groups is 2. The highest BCUT2D eigenvalue weighted by Crippen LogP contribution is 2.36. The van der Waals surface area contributed by atoms with Crippen LogP contribution < -0.4 is 16.0 Å². The molecule has 164 valence electrons. The molecule has 12 heteroatoms. The minimum atomic E-state index is -4.70. The number of hydrogen-bond donors (Lipinski definition) is 3. The molecule has 8 nitrogen and oxygen atoms in total. The number of nitrogens with zero attached hydrogens (tertiary/aromatic N) is 1. The highest BCUT2D eigenvalue weighted by atomic mass is 32.2. The van der Waals surface area contributed by atoms with Crippen molar-refractivity contribution in [3.63, 3.8) is 0 Å². The summed E-state index contributed by atoms with van der Waals surface area (Å²) in [5, 5.41) is 19.1. The Morgan fingerprint density at radius 2 is 1.68 bits per heavy atom. The fraction of sp³-hybridized carbons (Fsp3) is 0.263. The number of nitro benzene ring substituents is 1. The molecule has 1 saturated carbocycles. The van der Waals surface area contributed by atoms with Gasteiger partial charge in [0.25, 0.3) is 5.69 Å². The van der Waals surface area contributed by atoms with Gasteiger partial charge in [0, 0.05) is 23.5 Å². The van der Waals surface area contributed by atoms with Gasteiger partial charge < -0.3 is 16.0 Å². The molecule has 2 aromatic carbocycles. The quantitative estimate of drug-likeness (QED) is 0.321. The maximum Gasteiger partial charge on any atom is 0.416 e. The molecule has 0 bridgehead atoms. The summed E-state index contributed by atoms with van der Waals surface area (Å²) in [5.41, 5.74) is -0.883. The number of hydrogen-bond acceptors (Lipinski definition) is 5. The van der Waals surface area contributed by atoms with Crippen LogP contribution >= 0.6 is 11.8 Å². The van der Waals surface area contributed by atoms with Crippen molar-refractivity contribution in [2.45, 2.75) is 30.0 Å². The lowest BCUT2D eigenvalue weighted by Gasteiger charge is -2.10. The smallest absolute Gasteiger partial charge is 0.335 e. The van der Waals surface area contributed by atoms with Gasteiger partial charge in [-0.2, -0.15) is 13.2 Å². The maximum atomic E-state index is 12.8. The van der Waals surface area contributed by atoms with Crippen LogP contribution in [0.2, 0.25) is 0 Å². The molecule has 1 aliphatic rings. The summed E-state index contributed by atoms with van der Waals surface area (Å²) in [6.45, 7) is 0. The van der Waals surface area contributed by atoms with E-state index in [9.17, 15) is 32.9 Å². The van der Waals surface area contributed by atoms with Crippen molar-refractivity contribution in [3.8, 4) is 0 Å². The zero-order chi connectivity index (χ0) is 22.6. The third kappa shape index (κ3) is 6.60. The van der Waals surface area contributed by atoms with Crippen molar-refractivity contribution >= 4 is 40.8 Å². The van der Waals surface area contributed by atoms with E-state index in [1.807, 2.05) is 0 Å². The molecule has 0 aromatic heterocycles. The first kappa shape index (κ1) is 22.4. The van der Waals surface area contributed by atoms with Gasteiger partial charge in [0.05, 0.1) is 21.1 Å². The second-order valence-corrected chi connectivity index (χ2v) is 7.74. The van der Waals surface area contributed by atoms with Gasteiger partial charge in [0.2, 0.25) is 5.91 Å². The maximum absolute atomic E-state index is 12.8. The monoisotopic (exact) mass is 454 g/mol. The first-order valence-corrected chi connectivity index (χ1v) is 10.1. The number of anilines is 2. The average Bonchev–Trinajstić information content (AvgIpc) is 3.50. The molecular formula is C19H17F3N4O4S. The Balaban J connectivity index is 1.55. The number of benzene rings is 2. The Bertz CT molecular complexity index is 995. The van der Waals surface area contributed by atoms with E-state index in [0.29, 0.717) is 17.4 Å². The molecule has 0 heterocycles. The fourth-order valence-corrected chi connectivity index (χ4v) is 3.32. The van der Waals surface area contributed by atoms with Crippen molar-refractivity contribution in [3.05, 3.63) is 58.1 Å². The topological polar surface area (TPSA) is 113 Å². The van der Waals surface area contributed by atoms with Crippen LogP contribution in [-0.4, -0.2) is 28.7 Å². The van der Waals surface area contributed by atoms with E-state index < -0.39 is 28.3 Å². The SMILES string of the molecule is O=C(CSc1ccc(C(F)(F)F)cc1[N+](=O)[O-])Nc1ccc(NC(=O)NC2CC2)cc1. The van der Waals surface area contributed by atoms with E-state index in [4.69, 9.17) is 0 Å². The molecule has 1 aliphatic carbocycles. The first-order chi connectivity index (χ1) is 14.6. The Morgan fingerprint density at radius 1 is 1.06 bits per heavy atom.